The van der Waals surface area contributed by atoms with Gasteiger partial charge >= 0.3 is 0 Å². The number of nitro benzene ring substituents is 1. The molecule has 0 aliphatic rings. The average Bonchev–Trinajstić information content (AvgIpc) is 2.40. The third-order valence-corrected chi connectivity index (χ3v) is 3.83. The molecule has 0 saturated heterocycles. The van der Waals surface area contributed by atoms with Gasteiger partial charge in [-0.3, -0.25) is 10.1 Å². The summed E-state index contributed by atoms with van der Waals surface area (Å²) in [4.78, 5) is 12.5. The second kappa shape index (κ2) is 7.17. The molecule has 0 saturated carbocycles. The molecule has 0 aromatic heterocycles. The zero-order valence-electron chi connectivity index (χ0n) is 12.5. The number of halogens is 2. The van der Waals surface area contributed by atoms with Crippen molar-refractivity contribution in [2.75, 3.05) is 24.5 Å². The molecule has 1 rings (SSSR count). The van der Waals surface area contributed by atoms with E-state index in [4.69, 9.17) is 5.73 Å². The predicted molar refractivity (Wildman–Crippen MR) is 86.1 cm³/mol. The molecule has 0 aliphatic heterocycles. The summed E-state index contributed by atoms with van der Waals surface area (Å²) in [6.45, 7) is 7.66. The third-order valence-electron chi connectivity index (χ3n) is 3.22. The van der Waals surface area contributed by atoms with Gasteiger partial charge in [0.25, 0.3) is 5.69 Å². The molecule has 0 heterocycles. The largest absolute Gasteiger partial charge is 0.365 e. The minimum atomic E-state index is -0.639. The molecule has 0 aliphatic carbocycles. The summed E-state index contributed by atoms with van der Waals surface area (Å²) in [5, 5.41) is 11.2. The van der Waals surface area contributed by atoms with Crippen LogP contribution in [-0.4, -0.2) is 24.6 Å². The summed E-state index contributed by atoms with van der Waals surface area (Å²) in [7, 11) is 0. The van der Waals surface area contributed by atoms with Crippen LogP contribution in [0.5, 0.6) is 0 Å². The van der Waals surface area contributed by atoms with Gasteiger partial charge in [-0.2, -0.15) is 0 Å². The zero-order valence-corrected chi connectivity index (χ0v) is 14.1. The van der Waals surface area contributed by atoms with Crippen molar-refractivity contribution in [3.63, 3.8) is 0 Å². The first-order valence-electron chi connectivity index (χ1n) is 6.80. The SMILES string of the molecule is CCCN(CC(C)(C)CN)c1cc(Br)c(F)cc1[N+](=O)[O-]. The Morgan fingerprint density at radius 2 is 2.10 bits per heavy atom. The number of nitrogens with two attached hydrogens (primary N) is 1. The first kappa shape index (κ1) is 17.8. The number of hydrogen-bond donors (Lipinski definition) is 1. The highest BCUT2D eigenvalue weighted by atomic mass is 79.9. The van der Waals surface area contributed by atoms with E-state index in [2.05, 4.69) is 15.9 Å². The molecular weight excluding hydrogens is 341 g/mol. The molecule has 1 aromatic rings. The number of hydrogen-bond acceptors (Lipinski definition) is 4. The van der Waals surface area contributed by atoms with Crippen LogP contribution in [-0.2, 0) is 0 Å². The Morgan fingerprint density at radius 3 is 2.57 bits per heavy atom. The number of rotatable bonds is 7. The van der Waals surface area contributed by atoms with Gasteiger partial charge in [-0.1, -0.05) is 20.8 Å². The van der Waals surface area contributed by atoms with Crippen molar-refractivity contribution in [3.8, 4) is 0 Å². The summed E-state index contributed by atoms with van der Waals surface area (Å²) in [6.07, 6.45) is 0.826. The molecule has 0 radical (unpaired) electrons. The van der Waals surface area contributed by atoms with E-state index in [0.29, 0.717) is 25.3 Å². The van der Waals surface area contributed by atoms with Gasteiger partial charge in [0.1, 0.15) is 11.5 Å². The normalized spacial score (nSPS) is 11.5. The molecule has 5 nitrogen and oxygen atoms in total. The van der Waals surface area contributed by atoms with Crippen LogP contribution in [0.1, 0.15) is 27.2 Å². The first-order chi connectivity index (χ1) is 9.71. The summed E-state index contributed by atoms with van der Waals surface area (Å²) < 4.78 is 13.8. The number of nitro groups is 1. The van der Waals surface area contributed by atoms with Gasteiger partial charge in [0.05, 0.1) is 15.5 Å². The van der Waals surface area contributed by atoms with E-state index in [9.17, 15) is 14.5 Å². The highest BCUT2D eigenvalue weighted by Crippen LogP contribution is 2.35. The van der Waals surface area contributed by atoms with Crippen molar-refractivity contribution in [1.29, 1.82) is 0 Å². The fourth-order valence-corrected chi connectivity index (χ4v) is 2.39. The van der Waals surface area contributed by atoms with E-state index in [1.165, 1.54) is 6.07 Å². The molecule has 0 atom stereocenters. The Hall–Kier alpha value is -1.21. The zero-order chi connectivity index (χ0) is 16.2. The fraction of sp³-hybridized carbons (Fsp3) is 0.571. The van der Waals surface area contributed by atoms with Crippen LogP contribution < -0.4 is 10.6 Å². The van der Waals surface area contributed by atoms with Crippen molar-refractivity contribution in [3.05, 3.63) is 32.5 Å². The van der Waals surface area contributed by atoms with Crippen LogP contribution in [0.4, 0.5) is 15.8 Å². The van der Waals surface area contributed by atoms with E-state index in [-0.39, 0.29) is 15.6 Å². The topological polar surface area (TPSA) is 72.4 Å². The van der Waals surface area contributed by atoms with Crippen LogP contribution in [0.2, 0.25) is 0 Å². The monoisotopic (exact) mass is 361 g/mol. The molecule has 0 spiro atoms. The Bertz CT molecular complexity index is 523. The van der Waals surface area contributed by atoms with Gasteiger partial charge in [-0.15, -0.1) is 0 Å². The van der Waals surface area contributed by atoms with Gasteiger partial charge in [-0.05, 0) is 40.4 Å². The van der Waals surface area contributed by atoms with Gasteiger partial charge in [0, 0.05) is 13.1 Å². The Kier molecular flexibility index (Phi) is 6.10. The van der Waals surface area contributed by atoms with Crippen molar-refractivity contribution in [2.24, 2.45) is 11.1 Å². The molecule has 21 heavy (non-hydrogen) atoms. The third kappa shape index (κ3) is 4.64. The van der Waals surface area contributed by atoms with Crippen molar-refractivity contribution >= 4 is 27.3 Å². The standard InChI is InChI=1S/C14H21BrFN3O2/c1-4-5-18(9-14(2,3)8-17)12-6-10(15)11(16)7-13(12)19(20)21/h6-7H,4-5,8-9,17H2,1-3H3. The smallest absolute Gasteiger partial charge is 0.295 e. The summed E-state index contributed by atoms with van der Waals surface area (Å²) in [5.74, 6) is -0.639. The molecule has 0 fully saturated rings. The van der Waals surface area contributed by atoms with Crippen molar-refractivity contribution in [1.82, 2.24) is 0 Å². The van der Waals surface area contributed by atoms with Crippen LogP contribution in [0.15, 0.2) is 16.6 Å². The van der Waals surface area contributed by atoms with Gasteiger partial charge in [0.2, 0.25) is 0 Å². The van der Waals surface area contributed by atoms with E-state index < -0.39 is 10.7 Å². The lowest BCUT2D eigenvalue weighted by atomic mass is 9.92. The second-order valence-corrected chi connectivity index (χ2v) is 6.66. The number of nitrogens with zero attached hydrogens (tertiary/aromatic N) is 2. The molecule has 0 amide bonds. The van der Waals surface area contributed by atoms with Gasteiger partial charge in [-0.25, -0.2) is 4.39 Å². The van der Waals surface area contributed by atoms with Crippen LogP contribution in [0.25, 0.3) is 0 Å². The fourth-order valence-electron chi connectivity index (χ4n) is 2.06. The Morgan fingerprint density at radius 1 is 1.48 bits per heavy atom. The molecule has 118 valence electrons. The highest BCUT2D eigenvalue weighted by Gasteiger charge is 2.26. The summed E-state index contributed by atoms with van der Waals surface area (Å²) in [6, 6.07) is 2.42. The lowest BCUT2D eigenvalue weighted by Gasteiger charge is -2.33. The van der Waals surface area contributed by atoms with E-state index in [0.717, 1.165) is 12.5 Å². The lowest BCUT2D eigenvalue weighted by molar-refractivity contribution is -0.384. The quantitative estimate of drug-likeness (QED) is 0.593. The average molecular weight is 362 g/mol. The maximum absolute atomic E-state index is 13.6. The molecule has 1 aromatic carbocycles. The second-order valence-electron chi connectivity index (χ2n) is 5.80. The van der Waals surface area contributed by atoms with E-state index >= 15 is 0 Å². The predicted octanol–water partition coefficient (Wildman–Crippen LogP) is 3.70. The molecule has 7 heteroatoms. The van der Waals surface area contributed by atoms with E-state index in [1.54, 1.807) is 0 Å². The molecule has 2 N–H and O–H groups in total. The lowest BCUT2D eigenvalue weighted by Crippen LogP contribution is -2.39. The molecule has 0 bridgehead atoms. The van der Waals surface area contributed by atoms with Crippen molar-refractivity contribution < 1.29 is 9.31 Å². The molecular formula is C14H21BrFN3O2. The maximum atomic E-state index is 13.6. The number of anilines is 1. The summed E-state index contributed by atoms with van der Waals surface area (Å²) in [5.41, 5.74) is 5.75. The minimum Gasteiger partial charge on any atom is -0.365 e. The Labute approximate surface area is 132 Å². The Balaban J connectivity index is 3.30. The van der Waals surface area contributed by atoms with E-state index in [1.807, 2.05) is 25.7 Å². The molecule has 0 unspecified atom stereocenters. The summed E-state index contributed by atoms with van der Waals surface area (Å²) >= 11 is 3.10. The highest BCUT2D eigenvalue weighted by molar-refractivity contribution is 9.10. The number of benzene rings is 1. The first-order valence-corrected chi connectivity index (χ1v) is 7.59. The van der Waals surface area contributed by atoms with Crippen LogP contribution >= 0.6 is 15.9 Å². The van der Waals surface area contributed by atoms with Crippen LogP contribution in [0.3, 0.4) is 0 Å². The minimum absolute atomic E-state index is 0.191. The maximum Gasteiger partial charge on any atom is 0.295 e. The van der Waals surface area contributed by atoms with Gasteiger partial charge in [0.15, 0.2) is 0 Å². The van der Waals surface area contributed by atoms with Crippen molar-refractivity contribution in [2.45, 2.75) is 27.2 Å². The van der Waals surface area contributed by atoms with Crippen LogP contribution in [0, 0.1) is 21.3 Å². The van der Waals surface area contributed by atoms with Gasteiger partial charge < -0.3 is 10.6 Å².